The first-order valence-electron chi connectivity index (χ1n) is 9.97. The minimum atomic E-state index is -2.99. The lowest BCUT2D eigenvalue weighted by atomic mass is 10.1. The molecule has 0 spiro atoms. The van der Waals surface area contributed by atoms with Crippen molar-refractivity contribution >= 4 is 29.2 Å². The first-order chi connectivity index (χ1) is 15.7. The topological polar surface area (TPSA) is 82.5 Å². The number of anilines is 1. The molecule has 0 unspecified atom stereocenters. The number of ether oxygens (including phenoxy) is 2. The molecule has 0 fully saturated rings. The molecule has 0 aliphatic carbocycles. The van der Waals surface area contributed by atoms with Gasteiger partial charge in [-0.05, 0) is 68.3 Å². The van der Waals surface area contributed by atoms with Gasteiger partial charge in [-0.2, -0.15) is 13.9 Å². The zero-order chi connectivity index (χ0) is 24.1. The van der Waals surface area contributed by atoms with Crippen molar-refractivity contribution in [3.05, 3.63) is 70.0 Å². The summed E-state index contributed by atoms with van der Waals surface area (Å²) in [4.78, 5) is 24.0. The molecular weight excluding hydrogens is 456 g/mol. The van der Waals surface area contributed by atoms with Crippen molar-refractivity contribution in [1.29, 1.82) is 0 Å². The molecule has 0 atom stereocenters. The second-order valence-electron chi connectivity index (χ2n) is 7.16. The van der Waals surface area contributed by atoms with Gasteiger partial charge in [-0.1, -0.05) is 11.6 Å². The van der Waals surface area contributed by atoms with E-state index in [1.54, 1.807) is 28.9 Å². The molecular formula is C23H22ClF2N3O4. The van der Waals surface area contributed by atoms with Crippen LogP contribution in [0.15, 0.2) is 42.5 Å². The van der Waals surface area contributed by atoms with Gasteiger partial charge in [0.05, 0.1) is 23.5 Å². The highest BCUT2D eigenvalue weighted by molar-refractivity contribution is 6.32. The Morgan fingerprint density at radius 3 is 2.45 bits per heavy atom. The molecule has 2 aromatic carbocycles. The largest absolute Gasteiger partial charge is 0.469 e. The minimum absolute atomic E-state index is 0.0454. The highest BCUT2D eigenvalue weighted by atomic mass is 35.5. The molecule has 174 valence electrons. The molecule has 3 aromatic rings. The summed E-state index contributed by atoms with van der Waals surface area (Å²) in [6.07, 6.45) is 0.788. The Labute approximate surface area is 194 Å². The Balaban J connectivity index is 1.72. The van der Waals surface area contributed by atoms with E-state index in [2.05, 4.69) is 15.2 Å². The van der Waals surface area contributed by atoms with E-state index in [9.17, 15) is 18.4 Å². The molecule has 10 heteroatoms. The van der Waals surface area contributed by atoms with Crippen LogP contribution >= 0.6 is 11.6 Å². The van der Waals surface area contributed by atoms with Crippen molar-refractivity contribution < 1.29 is 27.8 Å². The van der Waals surface area contributed by atoms with Gasteiger partial charge in [0.15, 0.2) is 0 Å². The third-order valence-electron chi connectivity index (χ3n) is 5.03. The first-order valence-corrected chi connectivity index (χ1v) is 10.4. The molecule has 3 rings (SSSR count). The van der Waals surface area contributed by atoms with Crippen LogP contribution in [0, 0.1) is 13.8 Å². The number of nitrogens with zero attached hydrogens (tertiary/aromatic N) is 2. The predicted octanol–water partition coefficient (Wildman–Crippen LogP) is 5.10. The van der Waals surface area contributed by atoms with Gasteiger partial charge in [-0.3, -0.25) is 9.59 Å². The summed E-state index contributed by atoms with van der Waals surface area (Å²) in [5.41, 5.74) is 4.16. The van der Waals surface area contributed by atoms with E-state index in [0.717, 1.165) is 22.6 Å². The predicted molar refractivity (Wildman–Crippen MR) is 119 cm³/mol. The maximum absolute atomic E-state index is 12.6. The lowest BCUT2D eigenvalue weighted by Crippen LogP contribution is -2.12. The van der Waals surface area contributed by atoms with Gasteiger partial charge >= 0.3 is 12.6 Å². The van der Waals surface area contributed by atoms with Gasteiger partial charge in [0, 0.05) is 23.4 Å². The number of carbonyl (C=O) groups excluding carboxylic acids is 2. The molecule has 33 heavy (non-hydrogen) atoms. The normalized spacial score (nSPS) is 10.9. The van der Waals surface area contributed by atoms with E-state index >= 15 is 0 Å². The van der Waals surface area contributed by atoms with Gasteiger partial charge in [0.2, 0.25) is 0 Å². The van der Waals surface area contributed by atoms with Crippen LogP contribution in [0.4, 0.5) is 14.5 Å². The summed E-state index contributed by atoms with van der Waals surface area (Å²) in [7, 11) is 1.36. The van der Waals surface area contributed by atoms with Crippen LogP contribution in [0.2, 0.25) is 5.02 Å². The molecule has 1 aromatic heterocycles. The standard InChI is InChI=1S/C23H22ClF2N3O4/c1-13-18(9-11-21(30)32-3)14(2)29(28-13)17-7-4-15(5-8-17)22(31)27-16-6-10-20(19(24)12-16)33-23(25)26/h4-8,10,12,23H,9,11H2,1-3H3,(H,27,31). The van der Waals surface area contributed by atoms with Gasteiger partial charge in [0.25, 0.3) is 5.91 Å². The lowest BCUT2D eigenvalue weighted by Gasteiger charge is -2.10. The third-order valence-corrected chi connectivity index (χ3v) is 5.32. The Kier molecular flexibility index (Phi) is 7.65. The number of benzene rings is 2. The molecule has 0 saturated heterocycles. The van der Waals surface area contributed by atoms with E-state index < -0.39 is 12.5 Å². The van der Waals surface area contributed by atoms with Gasteiger partial charge in [0.1, 0.15) is 5.75 Å². The van der Waals surface area contributed by atoms with Crippen molar-refractivity contribution in [3.63, 3.8) is 0 Å². The smallest absolute Gasteiger partial charge is 0.387 e. The van der Waals surface area contributed by atoms with Crippen molar-refractivity contribution in [2.75, 3.05) is 12.4 Å². The quantitative estimate of drug-likeness (QED) is 0.456. The molecule has 1 N–H and O–H groups in total. The fourth-order valence-electron chi connectivity index (χ4n) is 3.34. The molecule has 0 aliphatic heterocycles. The number of amides is 1. The maximum atomic E-state index is 12.6. The Morgan fingerprint density at radius 2 is 1.85 bits per heavy atom. The van der Waals surface area contributed by atoms with Crippen LogP contribution in [-0.2, 0) is 16.0 Å². The number of aryl methyl sites for hydroxylation is 1. The number of hydrogen-bond acceptors (Lipinski definition) is 5. The van der Waals surface area contributed by atoms with Crippen LogP contribution in [0.1, 0.15) is 33.7 Å². The summed E-state index contributed by atoms with van der Waals surface area (Å²) in [6, 6.07) is 10.8. The fraction of sp³-hybridized carbons (Fsp3) is 0.261. The summed E-state index contributed by atoms with van der Waals surface area (Å²) < 4.78 is 35.4. The SMILES string of the molecule is COC(=O)CCc1c(C)nn(-c2ccc(C(=O)Nc3ccc(OC(F)F)c(Cl)c3)cc2)c1C. The number of alkyl halides is 2. The summed E-state index contributed by atoms with van der Waals surface area (Å²) in [5.74, 6) is -0.855. The summed E-state index contributed by atoms with van der Waals surface area (Å²) >= 11 is 5.92. The number of rotatable bonds is 8. The zero-order valence-electron chi connectivity index (χ0n) is 18.2. The summed E-state index contributed by atoms with van der Waals surface area (Å²) in [5, 5.41) is 7.17. The van der Waals surface area contributed by atoms with Crippen LogP contribution < -0.4 is 10.1 Å². The van der Waals surface area contributed by atoms with Crippen molar-refractivity contribution in [2.45, 2.75) is 33.3 Å². The molecule has 0 bridgehead atoms. The Bertz CT molecular complexity index is 1160. The zero-order valence-corrected chi connectivity index (χ0v) is 19.0. The van der Waals surface area contributed by atoms with Gasteiger partial charge in [-0.15, -0.1) is 0 Å². The second-order valence-corrected chi connectivity index (χ2v) is 7.57. The van der Waals surface area contributed by atoms with E-state index in [-0.39, 0.29) is 23.2 Å². The number of hydrogen-bond donors (Lipinski definition) is 1. The Morgan fingerprint density at radius 1 is 1.15 bits per heavy atom. The number of esters is 1. The second kappa shape index (κ2) is 10.4. The number of carbonyl (C=O) groups is 2. The van der Waals surface area contributed by atoms with Gasteiger partial charge < -0.3 is 14.8 Å². The molecule has 0 saturated carbocycles. The number of nitrogens with one attached hydrogen (secondary N) is 1. The minimum Gasteiger partial charge on any atom is -0.469 e. The summed E-state index contributed by atoms with van der Waals surface area (Å²) in [6.45, 7) is 0.798. The fourth-order valence-corrected chi connectivity index (χ4v) is 3.57. The van der Waals surface area contributed by atoms with Crippen LogP contribution in [0.3, 0.4) is 0 Å². The number of aromatic nitrogens is 2. The van der Waals surface area contributed by atoms with Crippen molar-refractivity contribution in [2.24, 2.45) is 0 Å². The van der Waals surface area contributed by atoms with E-state index in [4.69, 9.17) is 16.3 Å². The Hall–Kier alpha value is -3.46. The van der Waals surface area contributed by atoms with Crippen LogP contribution in [0.25, 0.3) is 5.69 Å². The highest BCUT2D eigenvalue weighted by Crippen LogP contribution is 2.29. The van der Waals surface area contributed by atoms with E-state index in [0.29, 0.717) is 17.7 Å². The monoisotopic (exact) mass is 477 g/mol. The molecule has 1 amide bonds. The lowest BCUT2D eigenvalue weighted by molar-refractivity contribution is -0.140. The van der Waals surface area contributed by atoms with E-state index in [1.165, 1.54) is 25.3 Å². The molecule has 0 aliphatic rings. The van der Waals surface area contributed by atoms with Crippen LogP contribution in [-0.4, -0.2) is 35.4 Å². The molecule has 1 heterocycles. The van der Waals surface area contributed by atoms with Gasteiger partial charge in [-0.25, -0.2) is 4.68 Å². The molecule has 7 nitrogen and oxygen atoms in total. The molecule has 0 radical (unpaired) electrons. The third kappa shape index (κ3) is 5.87. The average molecular weight is 478 g/mol. The maximum Gasteiger partial charge on any atom is 0.387 e. The van der Waals surface area contributed by atoms with Crippen molar-refractivity contribution in [3.8, 4) is 11.4 Å². The number of halogens is 3. The van der Waals surface area contributed by atoms with E-state index in [1.807, 2.05) is 13.8 Å². The average Bonchev–Trinajstić information content (AvgIpc) is 3.07. The highest BCUT2D eigenvalue weighted by Gasteiger charge is 2.15. The van der Waals surface area contributed by atoms with Crippen molar-refractivity contribution in [1.82, 2.24) is 9.78 Å². The number of methoxy groups -OCH3 is 1. The first kappa shape index (κ1) is 24.2. The van der Waals surface area contributed by atoms with Crippen LogP contribution in [0.5, 0.6) is 5.75 Å².